The minimum absolute atomic E-state index is 0.152. The molecule has 1 amide bonds. The number of benzene rings is 3. The number of anilines is 1. The van der Waals surface area contributed by atoms with Gasteiger partial charge in [-0.05, 0) is 48.5 Å². The molecule has 0 aliphatic carbocycles. The highest BCUT2D eigenvalue weighted by molar-refractivity contribution is 6.30. The summed E-state index contributed by atoms with van der Waals surface area (Å²) >= 11 is 5.85. The van der Waals surface area contributed by atoms with E-state index in [9.17, 15) is 4.79 Å². The van der Waals surface area contributed by atoms with E-state index in [4.69, 9.17) is 11.6 Å². The number of hydrogen-bond donors (Lipinski definition) is 2. The van der Waals surface area contributed by atoms with E-state index < -0.39 is 0 Å². The third kappa shape index (κ3) is 2.56. The second-order valence-corrected chi connectivity index (χ2v) is 5.83. The lowest BCUT2D eigenvalue weighted by Gasteiger charge is -2.05. The topological polar surface area (TPSA) is 44.9 Å². The van der Waals surface area contributed by atoms with Crippen molar-refractivity contribution in [2.75, 3.05) is 5.32 Å². The molecular formula is C19H13ClN2O. The molecule has 23 heavy (non-hydrogen) atoms. The minimum atomic E-state index is -0.152. The Bertz CT molecular complexity index is 1020. The summed E-state index contributed by atoms with van der Waals surface area (Å²) in [5.41, 5.74) is 3.48. The molecule has 0 bridgehead atoms. The number of rotatable bonds is 2. The molecule has 0 aliphatic rings. The van der Waals surface area contributed by atoms with Crippen molar-refractivity contribution in [3.8, 4) is 0 Å². The average Bonchev–Trinajstić information content (AvgIpc) is 2.93. The monoisotopic (exact) mass is 320 g/mol. The lowest BCUT2D eigenvalue weighted by Crippen LogP contribution is -2.11. The number of aromatic nitrogens is 1. The molecule has 4 heteroatoms. The molecule has 4 aromatic rings. The number of amides is 1. The predicted molar refractivity (Wildman–Crippen MR) is 95.2 cm³/mol. The number of para-hydroxylation sites is 1. The van der Waals surface area contributed by atoms with Gasteiger partial charge < -0.3 is 10.3 Å². The summed E-state index contributed by atoms with van der Waals surface area (Å²) in [6, 6.07) is 20.8. The molecule has 4 rings (SSSR count). The highest BCUT2D eigenvalue weighted by atomic mass is 35.5. The van der Waals surface area contributed by atoms with Crippen molar-refractivity contribution < 1.29 is 4.79 Å². The van der Waals surface area contributed by atoms with Crippen LogP contribution in [0.5, 0.6) is 0 Å². The fourth-order valence-electron chi connectivity index (χ4n) is 2.73. The van der Waals surface area contributed by atoms with Gasteiger partial charge in [0.05, 0.1) is 0 Å². The van der Waals surface area contributed by atoms with Gasteiger partial charge in [-0.3, -0.25) is 4.79 Å². The Kier molecular flexibility index (Phi) is 3.28. The van der Waals surface area contributed by atoms with Crippen molar-refractivity contribution in [2.45, 2.75) is 0 Å². The molecule has 1 aromatic heterocycles. The van der Waals surface area contributed by atoms with Crippen LogP contribution in [0.4, 0.5) is 5.69 Å². The Morgan fingerprint density at radius 3 is 2.43 bits per heavy atom. The highest BCUT2D eigenvalue weighted by Crippen LogP contribution is 2.27. The standard InChI is InChI=1S/C19H13ClN2O/c20-13-7-5-12(6-8-13)19(23)21-14-9-10-18-16(11-14)15-3-1-2-4-17(15)22-18/h1-11,22H,(H,21,23). The van der Waals surface area contributed by atoms with E-state index in [0.717, 1.165) is 27.5 Å². The molecule has 0 aliphatic heterocycles. The number of aromatic amines is 1. The number of hydrogen-bond acceptors (Lipinski definition) is 1. The second kappa shape index (κ2) is 5.45. The molecule has 0 spiro atoms. The molecule has 3 nitrogen and oxygen atoms in total. The summed E-state index contributed by atoms with van der Waals surface area (Å²) in [6.45, 7) is 0. The van der Waals surface area contributed by atoms with Gasteiger partial charge >= 0.3 is 0 Å². The van der Waals surface area contributed by atoms with Crippen LogP contribution in [0, 0.1) is 0 Å². The van der Waals surface area contributed by atoms with Gasteiger partial charge in [0.25, 0.3) is 5.91 Å². The Hall–Kier alpha value is -2.78. The van der Waals surface area contributed by atoms with Crippen molar-refractivity contribution in [3.05, 3.63) is 77.3 Å². The summed E-state index contributed by atoms with van der Waals surface area (Å²) in [7, 11) is 0. The zero-order chi connectivity index (χ0) is 15.8. The molecule has 0 fully saturated rings. The molecule has 0 atom stereocenters. The van der Waals surface area contributed by atoms with Crippen LogP contribution in [0.15, 0.2) is 66.7 Å². The number of carbonyl (C=O) groups is 1. The van der Waals surface area contributed by atoms with Gasteiger partial charge in [-0.2, -0.15) is 0 Å². The van der Waals surface area contributed by atoms with E-state index in [-0.39, 0.29) is 5.91 Å². The molecule has 0 saturated carbocycles. The maximum absolute atomic E-state index is 12.3. The smallest absolute Gasteiger partial charge is 0.255 e. The number of carbonyl (C=O) groups excluding carboxylic acids is 1. The van der Waals surface area contributed by atoms with Gasteiger partial charge in [-0.25, -0.2) is 0 Å². The molecule has 0 radical (unpaired) electrons. The molecule has 0 saturated heterocycles. The van der Waals surface area contributed by atoms with Crippen molar-refractivity contribution >= 4 is 45.0 Å². The summed E-state index contributed by atoms with van der Waals surface area (Å²) in [5, 5.41) is 5.78. The van der Waals surface area contributed by atoms with E-state index in [0.29, 0.717) is 10.6 Å². The van der Waals surface area contributed by atoms with Gasteiger partial charge in [0.1, 0.15) is 0 Å². The number of fused-ring (bicyclic) bond motifs is 3. The fraction of sp³-hybridized carbons (Fsp3) is 0. The average molecular weight is 321 g/mol. The number of halogens is 1. The van der Waals surface area contributed by atoms with Crippen LogP contribution in [-0.4, -0.2) is 10.9 Å². The van der Waals surface area contributed by atoms with Crippen LogP contribution in [-0.2, 0) is 0 Å². The van der Waals surface area contributed by atoms with Crippen LogP contribution >= 0.6 is 11.6 Å². The Morgan fingerprint density at radius 2 is 1.61 bits per heavy atom. The Morgan fingerprint density at radius 1 is 0.870 bits per heavy atom. The third-order valence-electron chi connectivity index (χ3n) is 3.87. The van der Waals surface area contributed by atoms with E-state index in [1.165, 1.54) is 0 Å². The first-order valence-electron chi connectivity index (χ1n) is 7.28. The van der Waals surface area contributed by atoms with Crippen LogP contribution in [0.2, 0.25) is 5.02 Å². The maximum Gasteiger partial charge on any atom is 0.255 e. The van der Waals surface area contributed by atoms with Crippen molar-refractivity contribution in [3.63, 3.8) is 0 Å². The normalized spacial score (nSPS) is 11.0. The first kappa shape index (κ1) is 13.9. The van der Waals surface area contributed by atoms with Gasteiger partial charge in [-0.15, -0.1) is 0 Å². The summed E-state index contributed by atoms with van der Waals surface area (Å²) in [5.74, 6) is -0.152. The zero-order valence-corrected chi connectivity index (χ0v) is 12.9. The molecule has 3 aromatic carbocycles. The molecule has 2 N–H and O–H groups in total. The van der Waals surface area contributed by atoms with Crippen LogP contribution in [0.3, 0.4) is 0 Å². The van der Waals surface area contributed by atoms with Crippen molar-refractivity contribution in [1.82, 2.24) is 4.98 Å². The largest absolute Gasteiger partial charge is 0.355 e. The van der Waals surface area contributed by atoms with Crippen molar-refractivity contribution in [1.29, 1.82) is 0 Å². The number of nitrogens with one attached hydrogen (secondary N) is 2. The van der Waals surface area contributed by atoms with Crippen molar-refractivity contribution in [2.24, 2.45) is 0 Å². The van der Waals surface area contributed by atoms with E-state index in [1.807, 2.05) is 36.4 Å². The van der Waals surface area contributed by atoms with Gasteiger partial charge in [0, 0.05) is 38.1 Å². The lowest BCUT2D eigenvalue weighted by atomic mass is 10.1. The highest BCUT2D eigenvalue weighted by Gasteiger charge is 2.08. The first-order valence-corrected chi connectivity index (χ1v) is 7.66. The predicted octanol–water partition coefficient (Wildman–Crippen LogP) is 5.23. The van der Waals surface area contributed by atoms with Gasteiger partial charge in [-0.1, -0.05) is 29.8 Å². The molecule has 0 unspecified atom stereocenters. The SMILES string of the molecule is O=C(Nc1ccc2[nH]c3ccccc3c2c1)c1ccc(Cl)cc1. The lowest BCUT2D eigenvalue weighted by molar-refractivity contribution is 0.102. The van der Waals surface area contributed by atoms with E-state index in [2.05, 4.69) is 16.4 Å². The van der Waals surface area contributed by atoms with Gasteiger partial charge in [0.15, 0.2) is 0 Å². The van der Waals surface area contributed by atoms with Crippen LogP contribution in [0.25, 0.3) is 21.8 Å². The Labute approximate surface area is 137 Å². The summed E-state index contributed by atoms with van der Waals surface area (Å²) < 4.78 is 0. The minimum Gasteiger partial charge on any atom is -0.355 e. The van der Waals surface area contributed by atoms with Crippen LogP contribution in [0.1, 0.15) is 10.4 Å². The van der Waals surface area contributed by atoms with E-state index in [1.54, 1.807) is 24.3 Å². The van der Waals surface area contributed by atoms with E-state index >= 15 is 0 Å². The van der Waals surface area contributed by atoms with Crippen LogP contribution < -0.4 is 5.32 Å². The fourth-order valence-corrected chi connectivity index (χ4v) is 2.86. The van der Waals surface area contributed by atoms with Gasteiger partial charge in [0.2, 0.25) is 0 Å². The summed E-state index contributed by atoms with van der Waals surface area (Å²) in [6.07, 6.45) is 0. The number of H-pyrrole nitrogens is 1. The second-order valence-electron chi connectivity index (χ2n) is 5.39. The molecular weight excluding hydrogens is 308 g/mol. The maximum atomic E-state index is 12.3. The third-order valence-corrected chi connectivity index (χ3v) is 4.12. The zero-order valence-electron chi connectivity index (χ0n) is 12.1. The first-order chi connectivity index (χ1) is 11.2. The molecule has 112 valence electrons. The Balaban J connectivity index is 1.70. The summed E-state index contributed by atoms with van der Waals surface area (Å²) in [4.78, 5) is 15.7. The quantitative estimate of drug-likeness (QED) is 0.522. The molecule has 1 heterocycles.